The highest BCUT2D eigenvalue weighted by Crippen LogP contribution is 2.12. The standard InChI is InChI=1S/C13H16O3/c14-13(9-11-5-2-1-3-6-11)16-10-12-7-4-8-15-12/h1-3,5-6,12H,4,7-10H2. The minimum absolute atomic E-state index is 0.111. The zero-order chi connectivity index (χ0) is 11.2. The Balaban J connectivity index is 1.72. The van der Waals surface area contributed by atoms with Crippen LogP contribution in [0.2, 0.25) is 0 Å². The molecule has 0 radical (unpaired) electrons. The van der Waals surface area contributed by atoms with Crippen molar-refractivity contribution in [2.45, 2.75) is 25.4 Å². The van der Waals surface area contributed by atoms with Crippen molar-refractivity contribution in [3.63, 3.8) is 0 Å². The van der Waals surface area contributed by atoms with Crippen LogP contribution >= 0.6 is 0 Å². The van der Waals surface area contributed by atoms with E-state index in [-0.39, 0.29) is 12.1 Å². The van der Waals surface area contributed by atoms with Gasteiger partial charge < -0.3 is 9.47 Å². The SMILES string of the molecule is O=C(Cc1ccccc1)OCC1CCCO1. The molecule has 1 aromatic rings. The summed E-state index contributed by atoms with van der Waals surface area (Å²) in [7, 11) is 0. The van der Waals surface area contributed by atoms with Gasteiger partial charge in [0.1, 0.15) is 6.61 Å². The third kappa shape index (κ3) is 3.35. The number of ether oxygens (including phenoxy) is 2. The first-order chi connectivity index (χ1) is 7.84. The zero-order valence-electron chi connectivity index (χ0n) is 9.22. The molecule has 3 nitrogen and oxygen atoms in total. The van der Waals surface area contributed by atoms with Gasteiger partial charge in [0, 0.05) is 6.61 Å². The van der Waals surface area contributed by atoms with E-state index >= 15 is 0 Å². The zero-order valence-corrected chi connectivity index (χ0v) is 9.22. The second-order valence-electron chi connectivity index (χ2n) is 3.98. The van der Waals surface area contributed by atoms with E-state index in [0.717, 1.165) is 25.0 Å². The van der Waals surface area contributed by atoms with Crippen LogP contribution in [0.5, 0.6) is 0 Å². The predicted molar refractivity (Wildman–Crippen MR) is 60.1 cm³/mol. The van der Waals surface area contributed by atoms with Crippen LogP contribution in [-0.2, 0) is 20.7 Å². The average molecular weight is 220 g/mol. The fraction of sp³-hybridized carbons (Fsp3) is 0.462. The molecule has 1 saturated heterocycles. The van der Waals surface area contributed by atoms with Gasteiger partial charge >= 0.3 is 5.97 Å². The maximum atomic E-state index is 11.5. The lowest BCUT2D eigenvalue weighted by molar-refractivity contribution is -0.146. The summed E-state index contributed by atoms with van der Waals surface area (Å²) in [5.74, 6) is -0.179. The molecule has 1 aromatic carbocycles. The van der Waals surface area contributed by atoms with Crippen LogP contribution in [0.4, 0.5) is 0 Å². The summed E-state index contributed by atoms with van der Waals surface area (Å²) >= 11 is 0. The molecule has 3 heteroatoms. The van der Waals surface area contributed by atoms with Crippen molar-refractivity contribution >= 4 is 5.97 Å². The van der Waals surface area contributed by atoms with Gasteiger partial charge in [0.05, 0.1) is 12.5 Å². The number of carbonyl (C=O) groups is 1. The van der Waals surface area contributed by atoms with Crippen LogP contribution in [0, 0.1) is 0 Å². The van der Waals surface area contributed by atoms with E-state index in [1.165, 1.54) is 0 Å². The summed E-state index contributed by atoms with van der Waals surface area (Å²) in [6, 6.07) is 9.62. The van der Waals surface area contributed by atoms with Crippen LogP contribution in [-0.4, -0.2) is 25.3 Å². The van der Waals surface area contributed by atoms with E-state index in [0.29, 0.717) is 13.0 Å². The Morgan fingerprint density at radius 1 is 1.38 bits per heavy atom. The highest BCUT2D eigenvalue weighted by atomic mass is 16.6. The van der Waals surface area contributed by atoms with Gasteiger partial charge in [-0.05, 0) is 18.4 Å². The fourth-order valence-electron chi connectivity index (χ4n) is 1.78. The molecule has 0 spiro atoms. The first kappa shape index (κ1) is 11.1. The Bertz CT molecular complexity index is 328. The second kappa shape index (κ2) is 5.66. The quantitative estimate of drug-likeness (QED) is 0.727. The molecule has 0 aliphatic carbocycles. The van der Waals surface area contributed by atoms with Crippen LogP contribution in [0.15, 0.2) is 30.3 Å². The summed E-state index contributed by atoms with van der Waals surface area (Å²) in [5, 5.41) is 0. The van der Waals surface area contributed by atoms with E-state index in [2.05, 4.69) is 0 Å². The lowest BCUT2D eigenvalue weighted by atomic mass is 10.1. The first-order valence-electron chi connectivity index (χ1n) is 5.66. The molecule has 1 unspecified atom stereocenters. The first-order valence-corrected chi connectivity index (χ1v) is 5.66. The molecular formula is C13H16O3. The maximum Gasteiger partial charge on any atom is 0.310 e. The highest BCUT2D eigenvalue weighted by molar-refractivity contribution is 5.72. The summed E-state index contributed by atoms with van der Waals surface area (Å²) in [6.07, 6.45) is 2.52. The second-order valence-corrected chi connectivity index (χ2v) is 3.98. The Labute approximate surface area is 95.4 Å². The molecule has 1 heterocycles. The number of hydrogen-bond donors (Lipinski definition) is 0. The van der Waals surface area contributed by atoms with E-state index in [9.17, 15) is 4.79 Å². The summed E-state index contributed by atoms with van der Waals surface area (Å²) in [4.78, 5) is 11.5. The van der Waals surface area contributed by atoms with Gasteiger partial charge in [0.15, 0.2) is 0 Å². The third-order valence-corrected chi connectivity index (χ3v) is 2.65. The molecule has 0 amide bonds. The molecule has 0 N–H and O–H groups in total. The van der Waals surface area contributed by atoms with Gasteiger partial charge in [-0.1, -0.05) is 30.3 Å². The van der Waals surface area contributed by atoms with Gasteiger partial charge in [-0.15, -0.1) is 0 Å². The normalized spacial score (nSPS) is 19.6. The van der Waals surface area contributed by atoms with Gasteiger partial charge in [-0.3, -0.25) is 4.79 Å². The summed E-state index contributed by atoms with van der Waals surface area (Å²) in [5.41, 5.74) is 0.986. The number of carbonyl (C=O) groups excluding carboxylic acids is 1. The van der Waals surface area contributed by atoms with Crippen molar-refractivity contribution in [3.8, 4) is 0 Å². The highest BCUT2D eigenvalue weighted by Gasteiger charge is 2.17. The fourth-order valence-corrected chi connectivity index (χ4v) is 1.78. The Kier molecular flexibility index (Phi) is 3.94. The van der Waals surface area contributed by atoms with Crippen molar-refractivity contribution in [2.24, 2.45) is 0 Å². The molecule has 0 bridgehead atoms. The van der Waals surface area contributed by atoms with Gasteiger partial charge in [-0.2, -0.15) is 0 Å². The molecule has 2 rings (SSSR count). The van der Waals surface area contributed by atoms with Crippen molar-refractivity contribution in [2.75, 3.05) is 13.2 Å². The van der Waals surface area contributed by atoms with Gasteiger partial charge in [0.25, 0.3) is 0 Å². The molecule has 16 heavy (non-hydrogen) atoms. The molecule has 0 aromatic heterocycles. The molecule has 1 aliphatic heterocycles. The van der Waals surface area contributed by atoms with Crippen LogP contribution < -0.4 is 0 Å². The molecule has 1 fully saturated rings. The number of hydrogen-bond acceptors (Lipinski definition) is 3. The van der Waals surface area contributed by atoms with Gasteiger partial charge in [0.2, 0.25) is 0 Å². The smallest absolute Gasteiger partial charge is 0.310 e. The lowest BCUT2D eigenvalue weighted by Crippen LogP contribution is -2.18. The van der Waals surface area contributed by atoms with Crippen LogP contribution in [0.1, 0.15) is 18.4 Å². The van der Waals surface area contributed by atoms with Crippen molar-refractivity contribution in [3.05, 3.63) is 35.9 Å². The number of rotatable bonds is 4. The summed E-state index contributed by atoms with van der Waals surface area (Å²) in [6.45, 7) is 1.19. The van der Waals surface area contributed by atoms with E-state index in [1.807, 2.05) is 30.3 Å². The Morgan fingerprint density at radius 3 is 2.88 bits per heavy atom. The number of esters is 1. The van der Waals surface area contributed by atoms with Crippen molar-refractivity contribution in [1.29, 1.82) is 0 Å². The van der Waals surface area contributed by atoms with Crippen LogP contribution in [0.3, 0.4) is 0 Å². The minimum Gasteiger partial charge on any atom is -0.463 e. The third-order valence-electron chi connectivity index (χ3n) is 2.65. The van der Waals surface area contributed by atoms with E-state index < -0.39 is 0 Å². The van der Waals surface area contributed by atoms with Crippen LogP contribution in [0.25, 0.3) is 0 Å². The van der Waals surface area contributed by atoms with E-state index in [1.54, 1.807) is 0 Å². The largest absolute Gasteiger partial charge is 0.463 e. The monoisotopic (exact) mass is 220 g/mol. The predicted octanol–water partition coefficient (Wildman–Crippen LogP) is 1.95. The Hall–Kier alpha value is -1.35. The van der Waals surface area contributed by atoms with Crippen molar-refractivity contribution in [1.82, 2.24) is 0 Å². The maximum absolute atomic E-state index is 11.5. The van der Waals surface area contributed by atoms with E-state index in [4.69, 9.17) is 9.47 Å². The average Bonchev–Trinajstić information content (AvgIpc) is 2.81. The molecule has 1 atom stereocenters. The van der Waals surface area contributed by atoms with Gasteiger partial charge in [-0.25, -0.2) is 0 Å². The molecule has 86 valence electrons. The molecule has 1 aliphatic rings. The Morgan fingerprint density at radius 2 is 2.19 bits per heavy atom. The number of benzene rings is 1. The minimum atomic E-state index is -0.179. The summed E-state index contributed by atoms with van der Waals surface area (Å²) < 4.78 is 10.5. The topological polar surface area (TPSA) is 35.5 Å². The lowest BCUT2D eigenvalue weighted by Gasteiger charge is -2.09. The molecular weight excluding hydrogens is 204 g/mol. The van der Waals surface area contributed by atoms with Crippen molar-refractivity contribution < 1.29 is 14.3 Å². The molecule has 0 saturated carbocycles.